The zero-order chi connectivity index (χ0) is 16.9. The topological polar surface area (TPSA) is 49.4 Å². The van der Waals surface area contributed by atoms with Gasteiger partial charge >= 0.3 is 0 Å². The number of nitrogens with one attached hydrogen (secondary N) is 1. The van der Waals surface area contributed by atoms with Crippen LogP contribution < -0.4 is 5.32 Å². The van der Waals surface area contributed by atoms with E-state index in [-0.39, 0.29) is 11.8 Å². The first kappa shape index (κ1) is 16.6. The summed E-state index contributed by atoms with van der Waals surface area (Å²) < 4.78 is 0. The van der Waals surface area contributed by atoms with Crippen LogP contribution in [0.25, 0.3) is 0 Å². The zero-order valence-corrected chi connectivity index (χ0v) is 14.4. The van der Waals surface area contributed by atoms with Crippen molar-refractivity contribution in [3.8, 4) is 0 Å². The molecule has 1 aliphatic rings. The number of carbonyl (C=O) groups is 2. The van der Waals surface area contributed by atoms with E-state index in [2.05, 4.69) is 5.32 Å². The predicted octanol–water partition coefficient (Wildman–Crippen LogP) is 3.65. The van der Waals surface area contributed by atoms with Crippen molar-refractivity contribution in [2.24, 2.45) is 0 Å². The van der Waals surface area contributed by atoms with Crippen LogP contribution in [0.4, 0.5) is 5.69 Å². The fourth-order valence-corrected chi connectivity index (χ4v) is 3.41. The molecule has 4 nitrogen and oxygen atoms in total. The molecule has 1 unspecified atom stereocenters. The Labute approximate surface area is 146 Å². The summed E-state index contributed by atoms with van der Waals surface area (Å²) in [6, 6.07) is 16.5. The lowest BCUT2D eigenvalue weighted by Gasteiger charge is -2.24. The Hall–Kier alpha value is -2.27. The summed E-state index contributed by atoms with van der Waals surface area (Å²) in [7, 11) is 0. The smallest absolute Gasteiger partial charge is 0.254 e. The van der Waals surface area contributed by atoms with Gasteiger partial charge in [0.05, 0.1) is 0 Å². The second-order valence-corrected chi connectivity index (χ2v) is 6.62. The molecule has 0 radical (unpaired) electrons. The number of carbonyl (C=O) groups excluding carboxylic acids is 2. The van der Waals surface area contributed by atoms with E-state index in [0.717, 1.165) is 17.0 Å². The van der Waals surface area contributed by atoms with Gasteiger partial charge in [0.25, 0.3) is 5.91 Å². The van der Waals surface area contributed by atoms with Gasteiger partial charge in [-0.1, -0.05) is 24.3 Å². The number of likely N-dealkylation sites (tertiary alicyclic amines) is 1. The molecule has 5 heteroatoms. The summed E-state index contributed by atoms with van der Waals surface area (Å²) in [4.78, 5) is 28.1. The summed E-state index contributed by atoms with van der Waals surface area (Å²) in [5, 5.41) is 2.95. The van der Waals surface area contributed by atoms with Gasteiger partial charge in [0.2, 0.25) is 5.91 Å². The molecule has 1 aliphatic heterocycles. The van der Waals surface area contributed by atoms with Crippen LogP contribution in [-0.2, 0) is 4.79 Å². The molecule has 1 saturated heterocycles. The molecule has 2 aromatic carbocycles. The minimum absolute atomic E-state index is 0.0777. The molecule has 124 valence electrons. The molecule has 3 rings (SSSR count). The molecule has 0 aromatic heterocycles. The lowest BCUT2D eigenvalue weighted by atomic mass is 10.1. The molecule has 0 saturated carbocycles. The van der Waals surface area contributed by atoms with Crippen LogP contribution >= 0.6 is 11.8 Å². The van der Waals surface area contributed by atoms with Gasteiger partial charge < -0.3 is 10.2 Å². The Morgan fingerprint density at radius 2 is 1.92 bits per heavy atom. The van der Waals surface area contributed by atoms with Crippen molar-refractivity contribution in [2.75, 3.05) is 18.1 Å². The molecule has 2 aromatic rings. The third-order valence-corrected chi connectivity index (χ3v) is 4.90. The minimum Gasteiger partial charge on any atom is -0.327 e. The van der Waals surface area contributed by atoms with Gasteiger partial charge in [-0.3, -0.25) is 9.59 Å². The van der Waals surface area contributed by atoms with E-state index in [1.807, 2.05) is 48.7 Å². The second kappa shape index (κ2) is 7.53. The first-order valence-electron chi connectivity index (χ1n) is 8.00. The highest BCUT2D eigenvalue weighted by Crippen LogP contribution is 2.23. The Balaban J connectivity index is 1.72. The van der Waals surface area contributed by atoms with Gasteiger partial charge in [0.15, 0.2) is 0 Å². The van der Waals surface area contributed by atoms with Crippen molar-refractivity contribution in [3.63, 3.8) is 0 Å². The highest BCUT2D eigenvalue weighted by molar-refractivity contribution is 7.98. The number of benzene rings is 2. The summed E-state index contributed by atoms with van der Waals surface area (Å²) in [6.07, 6.45) is 3.55. The van der Waals surface area contributed by atoms with E-state index in [4.69, 9.17) is 0 Å². The fraction of sp³-hybridized carbons (Fsp3) is 0.263. The van der Waals surface area contributed by atoms with Gasteiger partial charge in [-0.05, 0) is 49.4 Å². The average Bonchev–Trinajstić information content (AvgIpc) is 3.12. The predicted molar refractivity (Wildman–Crippen MR) is 97.4 cm³/mol. The molecule has 1 atom stereocenters. The first-order valence-corrected chi connectivity index (χ1v) is 9.22. The highest BCUT2D eigenvalue weighted by Gasteiger charge is 2.34. The van der Waals surface area contributed by atoms with Crippen LogP contribution in [-0.4, -0.2) is 35.6 Å². The molecule has 0 aliphatic carbocycles. The van der Waals surface area contributed by atoms with Gasteiger partial charge in [-0.25, -0.2) is 0 Å². The van der Waals surface area contributed by atoms with Crippen LogP contribution in [0.15, 0.2) is 59.5 Å². The van der Waals surface area contributed by atoms with Crippen molar-refractivity contribution in [1.29, 1.82) is 0 Å². The van der Waals surface area contributed by atoms with Crippen molar-refractivity contribution < 1.29 is 9.59 Å². The summed E-state index contributed by atoms with van der Waals surface area (Å²) in [5.74, 6) is -0.193. The molecule has 2 amide bonds. The maximum absolute atomic E-state index is 12.7. The largest absolute Gasteiger partial charge is 0.327 e. The second-order valence-electron chi connectivity index (χ2n) is 5.74. The van der Waals surface area contributed by atoms with Crippen molar-refractivity contribution in [2.45, 2.75) is 23.8 Å². The molecule has 1 fully saturated rings. The highest BCUT2D eigenvalue weighted by atomic mass is 32.2. The Morgan fingerprint density at radius 1 is 1.12 bits per heavy atom. The number of rotatable bonds is 4. The standard InChI is InChI=1S/C19H20N2O2S/c1-24-16-10-5-9-15(13-16)20-18(22)17-11-6-12-21(17)19(23)14-7-3-2-4-8-14/h2-5,7-10,13,17H,6,11-12H2,1H3,(H,20,22). The van der Waals surface area contributed by atoms with Crippen molar-refractivity contribution >= 4 is 29.3 Å². The third-order valence-electron chi connectivity index (χ3n) is 4.17. The Bertz CT molecular complexity index is 733. The Morgan fingerprint density at radius 3 is 2.67 bits per heavy atom. The lowest BCUT2D eigenvalue weighted by Crippen LogP contribution is -2.43. The van der Waals surface area contributed by atoms with Crippen LogP contribution in [0.3, 0.4) is 0 Å². The maximum Gasteiger partial charge on any atom is 0.254 e. The number of thioether (sulfide) groups is 1. The van der Waals surface area contributed by atoms with Gasteiger partial charge in [0, 0.05) is 22.7 Å². The Kier molecular flexibility index (Phi) is 5.20. The first-order chi connectivity index (χ1) is 11.7. The van der Waals surface area contributed by atoms with E-state index in [0.29, 0.717) is 18.5 Å². The van der Waals surface area contributed by atoms with Gasteiger partial charge in [-0.2, -0.15) is 0 Å². The summed E-state index contributed by atoms with van der Waals surface area (Å²) in [5.41, 5.74) is 1.40. The summed E-state index contributed by atoms with van der Waals surface area (Å²) in [6.45, 7) is 0.622. The molecule has 1 heterocycles. The van der Waals surface area contributed by atoms with Gasteiger partial charge in [-0.15, -0.1) is 11.8 Å². The summed E-state index contributed by atoms with van der Waals surface area (Å²) >= 11 is 1.63. The van der Waals surface area contributed by atoms with Crippen molar-refractivity contribution in [1.82, 2.24) is 4.90 Å². The van der Waals surface area contributed by atoms with Crippen LogP contribution in [0.5, 0.6) is 0 Å². The molecular weight excluding hydrogens is 320 g/mol. The monoisotopic (exact) mass is 340 g/mol. The van der Waals surface area contributed by atoms with E-state index in [1.54, 1.807) is 28.8 Å². The molecular formula is C19H20N2O2S. The minimum atomic E-state index is -0.407. The zero-order valence-electron chi connectivity index (χ0n) is 13.6. The van der Waals surface area contributed by atoms with E-state index in [1.165, 1.54) is 0 Å². The molecule has 0 bridgehead atoms. The van der Waals surface area contributed by atoms with Gasteiger partial charge in [0.1, 0.15) is 6.04 Å². The molecule has 24 heavy (non-hydrogen) atoms. The van der Waals surface area contributed by atoms with Crippen LogP contribution in [0, 0.1) is 0 Å². The SMILES string of the molecule is CSc1cccc(NC(=O)C2CCCN2C(=O)c2ccccc2)c1. The average molecular weight is 340 g/mol. The fourth-order valence-electron chi connectivity index (χ4n) is 2.96. The lowest BCUT2D eigenvalue weighted by molar-refractivity contribution is -0.119. The molecule has 0 spiro atoms. The van der Waals surface area contributed by atoms with Crippen LogP contribution in [0.2, 0.25) is 0 Å². The van der Waals surface area contributed by atoms with E-state index in [9.17, 15) is 9.59 Å². The van der Waals surface area contributed by atoms with Crippen LogP contribution in [0.1, 0.15) is 23.2 Å². The number of amides is 2. The number of hydrogen-bond acceptors (Lipinski definition) is 3. The third kappa shape index (κ3) is 3.62. The normalized spacial score (nSPS) is 16.9. The van der Waals surface area contributed by atoms with E-state index >= 15 is 0 Å². The maximum atomic E-state index is 12.7. The van der Waals surface area contributed by atoms with Crippen molar-refractivity contribution in [3.05, 3.63) is 60.2 Å². The number of nitrogens with zero attached hydrogens (tertiary/aromatic N) is 1. The number of anilines is 1. The number of hydrogen-bond donors (Lipinski definition) is 1. The molecule has 1 N–H and O–H groups in total. The quantitative estimate of drug-likeness (QED) is 0.864. The van der Waals surface area contributed by atoms with E-state index < -0.39 is 6.04 Å².